The van der Waals surface area contributed by atoms with Gasteiger partial charge >= 0.3 is 21.7 Å². The second-order valence-corrected chi connectivity index (χ2v) is 4.17. The van der Waals surface area contributed by atoms with Crippen molar-refractivity contribution in [2.45, 2.75) is 33.6 Å². The Morgan fingerprint density at radius 3 is 1.32 bits per heavy atom. The van der Waals surface area contributed by atoms with Crippen molar-refractivity contribution in [2.24, 2.45) is 5.92 Å². The van der Waals surface area contributed by atoms with Crippen molar-refractivity contribution in [1.29, 1.82) is 0 Å². The molecular formula is C18H28O3Ti. The molecule has 0 aliphatic heterocycles. The molecule has 0 aromatic carbocycles. The van der Waals surface area contributed by atoms with Crippen molar-refractivity contribution in [3.63, 3.8) is 0 Å². The van der Waals surface area contributed by atoms with E-state index in [2.05, 4.69) is 43.4 Å². The molecule has 0 unspecified atom stereocenters. The number of rotatable bonds is 2. The van der Waals surface area contributed by atoms with Crippen molar-refractivity contribution in [1.82, 2.24) is 0 Å². The van der Waals surface area contributed by atoms with E-state index in [0.29, 0.717) is 5.92 Å². The van der Waals surface area contributed by atoms with Crippen LogP contribution in [0.4, 0.5) is 0 Å². The maximum absolute atomic E-state index is 8.93. The van der Waals surface area contributed by atoms with Gasteiger partial charge in [-0.2, -0.15) is 0 Å². The van der Waals surface area contributed by atoms with Gasteiger partial charge in [0, 0.05) is 0 Å². The molecule has 22 heavy (non-hydrogen) atoms. The number of allylic oxidation sites excluding steroid dienone is 8. The zero-order chi connectivity index (χ0) is 16.5. The predicted molar refractivity (Wildman–Crippen MR) is 84.2 cm³/mol. The summed E-state index contributed by atoms with van der Waals surface area (Å²) >= 11 is 0. The quantitative estimate of drug-likeness (QED) is 0.562. The Balaban J connectivity index is -0.000000307. The van der Waals surface area contributed by atoms with Crippen LogP contribution in [0.3, 0.4) is 0 Å². The van der Waals surface area contributed by atoms with Gasteiger partial charge in [0.2, 0.25) is 0 Å². The van der Waals surface area contributed by atoms with E-state index in [1.807, 2.05) is 0 Å². The Kier molecular flexibility index (Phi) is 24.7. The zero-order valence-electron chi connectivity index (χ0n) is 14.0. The van der Waals surface area contributed by atoms with Gasteiger partial charge in [0.05, 0.1) is 0 Å². The largest absolute Gasteiger partial charge is 4.00 e. The molecule has 0 saturated carbocycles. The van der Waals surface area contributed by atoms with Crippen molar-refractivity contribution in [2.75, 3.05) is 19.8 Å². The van der Waals surface area contributed by atoms with Crippen LogP contribution < -0.4 is 15.3 Å². The van der Waals surface area contributed by atoms with Crippen molar-refractivity contribution in [3.05, 3.63) is 54.5 Å². The summed E-state index contributed by atoms with van der Waals surface area (Å²) in [7, 11) is 0. The average Bonchev–Trinajstić information content (AvgIpc) is 3.15. The van der Waals surface area contributed by atoms with Crippen molar-refractivity contribution < 1.29 is 37.0 Å². The summed E-state index contributed by atoms with van der Waals surface area (Å²) in [6.07, 6.45) is 15.2. The topological polar surface area (TPSA) is 69.2 Å². The zero-order valence-corrected chi connectivity index (χ0v) is 15.6. The third kappa shape index (κ3) is 14.5. The minimum Gasteiger partial charge on any atom is -0.855 e. The van der Waals surface area contributed by atoms with Crippen LogP contribution in [0.1, 0.15) is 33.6 Å². The molecule has 0 spiro atoms. The summed E-state index contributed by atoms with van der Waals surface area (Å²) in [5.41, 5.74) is 2.90. The standard InChI is InChI=1S/C12H13.3C2H5O.Ti/c1-10(11-6-2-3-7-11)12-8-4-5-9-12;3*1-2-3;/h2-6,8,10H,1,7,9H2;3*2H2,1H3;/q4*-1;+4. The van der Waals surface area contributed by atoms with Crippen molar-refractivity contribution >= 4 is 0 Å². The fourth-order valence-electron chi connectivity index (χ4n) is 1.68. The molecule has 0 atom stereocenters. The molecule has 0 N–H and O–H groups in total. The van der Waals surface area contributed by atoms with Gasteiger partial charge < -0.3 is 22.2 Å². The first-order valence-electron chi connectivity index (χ1n) is 7.41. The Hall–Kier alpha value is -0.446. The molecule has 4 heteroatoms. The Labute approximate surface area is 151 Å². The van der Waals surface area contributed by atoms with Crippen LogP contribution in [-0.4, -0.2) is 19.8 Å². The summed E-state index contributed by atoms with van der Waals surface area (Å²) in [6, 6.07) is 0. The normalized spacial score (nSPS) is 13.6. The molecule has 2 aliphatic carbocycles. The van der Waals surface area contributed by atoms with Crippen LogP contribution in [0.5, 0.6) is 0 Å². The molecule has 0 saturated heterocycles. The minimum atomic E-state index is 0. The van der Waals surface area contributed by atoms with E-state index >= 15 is 0 Å². The Morgan fingerprint density at radius 2 is 1.14 bits per heavy atom. The van der Waals surface area contributed by atoms with E-state index < -0.39 is 0 Å². The fraction of sp³-hybridized carbons (Fsp3) is 0.500. The van der Waals surface area contributed by atoms with Crippen LogP contribution in [0.25, 0.3) is 0 Å². The first kappa shape index (κ1) is 26.5. The molecule has 0 bridgehead atoms. The summed E-state index contributed by atoms with van der Waals surface area (Å²) in [4.78, 5) is 0. The Bertz CT molecular complexity index is 309. The summed E-state index contributed by atoms with van der Waals surface area (Å²) in [6.45, 7) is 8.89. The Morgan fingerprint density at radius 1 is 0.864 bits per heavy atom. The molecule has 3 nitrogen and oxygen atoms in total. The first-order valence-corrected chi connectivity index (χ1v) is 7.41. The predicted octanol–water partition coefficient (Wildman–Crippen LogP) is 1.31. The molecule has 0 amide bonds. The second-order valence-electron chi connectivity index (χ2n) is 4.17. The number of hydrogen-bond donors (Lipinski definition) is 0. The van der Waals surface area contributed by atoms with Gasteiger partial charge in [-0.05, 0) is 12.8 Å². The minimum absolute atomic E-state index is 0. The van der Waals surface area contributed by atoms with E-state index in [9.17, 15) is 0 Å². The van der Waals surface area contributed by atoms with Gasteiger partial charge in [0.15, 0.2) is 0 Å². The van der Waals surface area contributed by atoms with Crippen LogP contribution in [0.15, 0.2) is 47.6 Å². The third-order valence-electron chi connectivity index (χ3n) is 2.50. The molecule has 0 heterocycles. The van der Waals surface area contributed by atoms with E-state index in [0.717, 1.165) is 12.8 Å². The molecule has 122 valence electrons. The van der Waals surface area contributed by atoms with Crippen LogP contribution in [0, 0.1) is 12.8 Å². The molecule has 2 aliphatic rings. The fourth-order valence-corrected chi connectivity index (χ4v) is 1.68. The second kappa shape index (κ2) is 20.6. The monoisotopic (exact) mass is 340 g/mol. The van der Waals surface area contributed by atoms with Crippen molar-refractivity contribution in [3.8, 4) is 0 Å². The van der Waals surface area contributed by atoms with Gasteiger partial charge in [-0.25, -0.2) is 0 Å². The molecule has 0 radical (unpaired) electrons. The van der Waals surface area contributed by atoms with Crippen LogP contribution in [0.2, 0.25) is 0 Å². The summed E-state index contributed by atoms with van der Waals surface area (Å²) < 4.78 is 0. The maximum Gasteiger partial charge on any atom is 4.00 e. The molecular weight excluding hydrogens is 312 g/mol. The van der Waals surface area contributed by atoms with Gasteiger partial charge in [0.25, 0.3) is 0 Å². The SMILES string of the molecule is CC[O-].CC[O-].CC[O-].[CH2-]C(C1=CC=CC1)C1=CC=CC1.[Ti+4]. The smallest absolute Gasteiger partial charge is 0.855 e. The average molecular weight is 340 g/mol. The molecule has 0 aromatic rings. The summed E-state index contributed by atoms with van der Waals surface area (Å²) in [5.74, 6) is 0.398. The molecule has 0 fully saturated rings. The van der Waals surface area contributed by atoms with Crippen LogP contribution in [-0.2, 0) is 21.7 Å². The summed E-state index contributed by atoms with van der Waals surface area (Å²) in [5, 5.41) is 26.8. The van der Waals surface area contributed by atoms with Gasteiger partial charge in [-0.3, -0.25) is 0 Å². The molecule has 0 aromatic heterocycles. The number of hydrogen-bond acceptors (Lipinski definition) is 3. The van der Waals surface area contributed by atoms with E-state index in [1.165, 1.54) is 11.1 Å². The van der Waals surface area contributed by atoms with Gasteiger partial charge in [-0.15, -0.1) is 25.7 Å². The van der Waals surface area contributed by atoms with E-state index in [1.54, 1.807) is 20.8 Å². The maximum atomic E-state index is 8.93. The van der Waals surface area contributed by atoms with Crippen LogP contribution >= 0.6 is 0 Å². The van der Waals surface area contributed by atoms with Gasteiger partial charge in [-0.1, -0.05) is 68.4 Å². The van der Waals surface area contributed by atoms with Gasteiger partial charge in [0.1, 0.15) is 0 Å². The first-order chi connectivity index (χ1) is 10.1. The molecule has 2 rings (SSSR count). The van der Waals surface area contributed by atoms with E-state index in [-0.39, 0.29) is 41.5 Å². The van der Waals surface area contributed by atoms with E-state index in [4.69, 9.17) is 15.3 Å². The third-order valence-corrected chi connectivity index (χ3v) is 2.50.